The van der Waals surface area contributed by atoms with Crippen molar-refractivity contribution in [2.75, 3.05) is 36.5 Å². The van der Waals surface area contributed by atoms with E-state index in [4.69, 9.17) is 14.7 Å². The van der Waals surface area contributed by atoms with Crippen LogP contribution < -0.4 is 15.5 Å². The van der Waals surface area contributed by atoms with Crippen LogP contribution in [0.4, 0.5) is 16.3 Å². The lowest BCUT2D eigenvalue weighted by atomic mass is 10.0. The highest BCUT2D eigenvalue weighted by atomic mass is 32.2. The molecule has 2 aliphatic rings. The molecule has 0 radical (unpaired) electrons. The second-order valence-corrected chi connectivity index (χ2v) is 10.6. The van der Waals surface area contributed by atoms with Crippen LogP contribution in [-0.4, -0.2) is 52.6 Å². The van der Waals surface area contributed by atoms with E-state index in [0.29, 0.717) is 37.0 Å². The number of amides is 2. The molecule has 2 unspecified atom stereocenters. The first kappa shape index (κ1) is 22.7. The van der Waals surface area contributed by atoms with Gasteiger partial charge in [-0.15, -0.1) is 0 Å². The second kappa shape index (κ2) is 9.15. The summed E-state index contributed by atoms with van der Waals surface area (Å²) in [5.74, 6) is 1.96. The van der Waals surface area contributed by atoms with Crippen LogP contribution >= 0.6 is 0 Å². The number of morpholine rings is 1. The lowest BCUT2D eigenvalue weighted by molar-refractivity contribution is 0.0925. The monoisotopic (exact) mass is 457 g/mol. The van der Waals surface area contributed by atoms with E-state index in [1.165, 1.54) is 0 Å². The van der Waals surface area contributed by atoms with Gasteiger partial charge in [-0.05, 0) is 51.5 Å². The van der Waals surface area contributed by atoms with Crippen LogP contribution in [0.5, 0.6) is 0 Å². The minimum atomic E-state index is -1.05. The number of fused-ring (bicyclic) bond motifs is 1. The zero-order valence-electron chi connectivity index (χ0n) is 19.1. The molecule has 9 heteroatoms. The molecule has 2 N–H and O–H groups in total. The summed E-state index contributed by atoms with van der Waals surface area (Å²) in [5.41, 5.74) is 3.40. The summed E-state index contributed by atoms with van der Waals surface area (Å²) in [6.07, 6.45) is 0.945. The molecular formula is C23H31N5O3S. The zero-order chi connectivity index (χ0) is 22.9. The van der Waals surface area contributed by atoms with Crippen molar-refractivity contribution in [1.82, 2.24) is 15.3 Å². The van der Waals surface area contributed by atoms with Crippen LogP contribution in [-0.2, 0) is 26.0 Å². The molecule has 172 valence electrons. The molecule has 1 aromatic heterocycles. The number of carbonyl (C=O) groups excluding carboxylic acids is 1. The molecule has 1 saturated heterocycles. The third kappa shape index (κ3) is 4.23. The van der Waals surface area contributed by atoms with Crippen molar-refractivity contribution in [3.63, 3.8) is 0 Å². The molecule has 0 aliphatic carbocycles. The summed E-state index contributed by atoms with van der Waals surface area (Å²) < 4.78 is 18.1. The van der Waals surface area contributed by atoms with Gasteiger partial charge in [0.05, 0.1) is 35.4 Å². The van der Waals surface area contributed by atoms with E-state index in [1.807, 2.05) is 45.0 Å². The molecule has 3 heterocycles. The fraction of sp³-hybridized carbons (Fsp3) is 0.522. The number of hydrogen-bond acceptors (Lipinski definition) is 6. The molecular weight excluding hydrogens is 426 g/mol. The normalized spacial score (nSPS) is 21.8. The fourth-order valence-corrected chi connectivity index (χ4v) is 5.47. The van der Waals surface area contributed by atoms with Crippen molar-refractivity contribution < 1.29 is 13.7 Å². The highest BCUT2D eigenvalue weighted by Crippen LogP contribution is 2.43. The van der Waals surface area contributed by atoms with Gasteiger partial charge < -0.3 is 20.3 Å². The standard InChI is InChI=1S/C23H31N5O3S/c1-5-17-13-31-12-11-28(17)21-18-14-32(30)23(3,4)19(18)26-20(27-21)15-7-9-16(10-8-15)25-22(29)24-6-2/h7-10,17H,5-6,11-14H2,1-4H3,(H2,24,25,29). The Morgan fingerprint density at radius 3 is 2.69 bits per heavy atom. The topological polar surface area (TPSA) is 96.5 Å². The minimum absolute atomic E-state index is 0.233. The average molecular weight is 458 g/mol. The van der Waals surface area contributed by atoms with Crippen LogP contribution in [0.3, 0.4) is 0 Å². The van der Waals surface area contributed by atoms with Crippen molar-refractivity contribution in [1.29, 1.82) is 0 Å². The molecule has 8 nitrogen and oxygen atoms in total. The molecule has 0 saturated carbocycles. The highest BCUT2D eigenvalue weighted by molar-refractivity contribution is 7.85. The maximum atomic E-state index is 12.9. The SMILES string of the molecule is CCNC(=O)Nc1ccc(-c2nc(N3CCOCC3CC)c3c(n2)C(C)(C)S(=O)C3)cc1. The Balaban J connectivity index is 1.74. The molecule has 1 fully saturated rings. The number of benzene rings is 1. The number of urea groups is 1. The van der Waals surface area contributed by atoms with Crippen molar-refractivity contribution in [3.05, 3.63) is 35.5 Å². The fourth-order valence-electron chi connectivity index (χ4n) is 4.20. The van der Waals surface area contributed by atoms with Crippen LogP contribution in [0.25, 0.3) is 11.4 Å². The molecule has 0 spiro atoms. The van der Waals surface area contributed by atoms with Gasteiger partial charge in [-0.3, -0.25) is 4.21 Å². The minimum Gasteiger partial charge on any atom is -0.377 e. The first-order valence-corrected chi connectivity index (χ1v) is 12.5. The molecule has 32 heavy (non-hydrogen) atoms. The van der Waals surface area contributed by atoms with Crippen molar-refractivity contribution in [2.45, 2.75) is 50.7 Å². The summed E-state index contributed by atoms with van der Waals surface area (Å²) in [6, 6.07) is 7.49. The Labute approximate surface area is 191 Å². The van der Waals surface area contributed by atoms with Gasteiger partial charge in [-0.2, -0.15) is 0 Å². The van der Waals surface area contributed by atoms with Gasteiger partial charge in [0.25, 0.3) is 0 Å². The number of carbonyl (C=O) groups is 1. The van der Waals surface area contributed by atoms with E-state index >= 15 is 0 Å². The Morgan fingerprint density at radius 1 is 1.25 bits per heavy atom. The summed E-state index contributed by atoms with van der Waals surface area (Å²) in [7, 11) is -1.05. The predicted octanol–water partition coefficient (Wildman–Crippen LogP) is 3.40. The molecule has 2 aromatic rings. The van der Waals surface area contributed by atoms with Crippen LogP contribution in [0, 0.1) is 0 Å². The number of nitrogens with zero attached hydrogens (tertiary/aromatic N) is 3. The first-order valence-electron chi connectivity index (χ1n) is 11.1. The summed E-state index contributed by atoms with van der Waals surface area (Å²) >= 11 is 0. The molecule has 0 bridgehead atoms. The van der Waals surface area contributed by atoms with Crippen LogP contribution in [0.2, 0.25) is 0 Å². The van der Waals surface area contributed by atoms with Gasteiger partial charge in [0, 0.05) is 40.7 Å². The Hall–Kier alpha value is -2.52. The third-order valence-corrected chi connectivity index (χ3v) is 7.99. The van der Waals surface area contributed by atoms with Crippen molar-refractivity contribution in [3.8, 4) is 11.4 Å². The van der Waals surface area contributed by atoms with Crippen molar-refractivity contribution in [2.24, 2.45) is 0 Å². The molecule has 1 aromatic carbocycles. The van der Waals surface area contributed by atoms with Gasteiger partial charge in [0.1, 0.15) is 5.82 Å². The van der Waals surface area contributed by atoms with E-state index in [0.717, 1.165) is 35.6 Å². The Morgan fingerprint density at radius 2 is 2.00 bits per heavy atom. The summed E-state index contributed by atoms with van der Waals surface area (Å²) in [5, 5.41) is 5.52. The highest BCUT2D eigenvalue weighted by Gasteiger charge is 2.42. The van der Waals surface area contributed by atoms with Gasteiger partial charge in [-0.25, -0.2) is 14.8 Å². The van der Waals surface area contributed by atoms with Crippen LogP contribution in [0.1, 0.15) is 45.4 Å². The molecule has 4 rings (SSSR count). The van der Waals surface area contributed by atoms with E-state index in [1.54, 1.807) is 0 Å². The number of anilines is 2. The number of ether oxygens (including phenoxy) is 1. The number of aromatic nitrogens is 2. The number of nitrogens with one attached hydrogen (secondary N) is 2. The van der Waals surface area contributed by atoms with Gasteiger partial charge in [-0.1, -0.05) is 6.92 Å². The lowest BCUT2D eigenvalue weighted by Gasteiger charge is -2.37. The maximum Gasteiger partial charge on any atom is 0.319 e. The van der Waals surface area contributed by atoms with Crippen LogP contribution in [0.15, 0.2) is 24.3 Å². The van der Waals surface area contributed by atoms with E-state index < -0.39 is 15.5 Å². The smallest absolute Gasteiger partial charge is 0.319 e. The summed E-state index contributed by atoms with van der Waals surface area (Å²) in [6.45, 7) is 10.6. The molecule has 2 atom stereocenters. The Kier molecular flexibility index (Phi) is 6.48. The molecule has 2 amide bonds. The quantitative estimate of drug-likeness (QED) is 0.714. The van der Waals surface area contributed by atoms with E-state index in [-0.39, 0.29) is 12.1 Å². The third-order valence-electron chi connectivity index (χ3n) is 6.11. The second-order valence-electron chi connectivity index (χ2n) is 8.59. The summed E-state index contributed by atoms with van der Waals surface area (Å²) in [4.78, 5) is 24.0. The Bertz CT molecular complexity index is 1030. The predicted molar refractivity (Wildman–Crippen MR) is 127 cm³/mol. The largest absolute Gasteiger partial charge is 0.377 e. The van der Waals surface area contributed by atoms with E-state index in [9.17, 15) is 9.00 Å². The lowest BCUT2D eigenvalue weighted by Crippen LogP contribution is -2.46. The maximum absolute atomic E-state index is 12.9. The van der Waals surface area contributed by atoms with E-state index in [2.05, 4.69) is 22.5 Å². The first-order chi connectivity index (χ1) is 15.3. The zero-order valence-corrected chi connectivity index (χ0v) is 19.9. The average Bonchev–Trinajstić information content (AvgIpc) is 3.02. The molecule has 2 aliphatic heterocycles. The van der Waals surface area contributed by atoms with Gasteiger partial charge >= 0.3 is 6.03 Å². The van der Waals surface area contributed by atoms with Crippen molar-refractivity contribution >= 4 is 28.3 Å². The van der Waals surface area contributed by atoms with Gasteiger partial charge in [0.2, 0.25) is 0 Å². The van der Waals surface area contributed by atoms with Gasteiger partial charge in [0.15, 0.2) is 5.82 Å². The number of rotatable bonds is 5. The number of hydrogen-bond donors (Lipinski definition) is 2.